The van der Waals surface area contributed by atoms with Crippen LogP contribution in [0.4, 0.5) is 10.1 Å². The first-order valence-electron chi connectivity index (χ1n) is 10.1. The zero-order valence-corrected chi connectivity index (χ0v) is 17.1. The molecule has 0 aliphatic heterocycles. The standard InChI is InChI=1S/C24H24ClFN2O/c1-15(24(29)28-19-11-9-18(25)10-12-19)16-5-7-17(8-6-16)20-13-14-27-23-21(20)3-2-4-22(23)26/h2-4,9-17H,5-8H2,1H3,(H,28,29)/t15-,16-,17+/m1/s1. The molecule has 1 heterocycles. The molecule has 1 amide bonds. The van der Waals surface area contributed by atoms with E-state index in [2.05, 4.69) is 10.3 Å². The second kappa shape index (κ2) is 8.50. The summed E-state index contributed by atoms with van der Waals surface area (Å²) in [5.41, 5.74) is 2.39. The van der Waals surface area contributed by atoms with Gasteiger partial charge in [-0.25, -0.2) is 4.39 Å². The van der Waals surface area contributed by atoms with E-state index < -0.39 is 0 Å². The van der Waals surface area contributed by atoms with Gasteiger partial charge in [-0.2, -0.15) is 0 Å². The number of halogens is 2. The maximum absolute atomic E-state index is 14.1. The summed E-state index contributed by atoms with van der Waals surface area (Å²) in [5.74, 6) is 0.449. The molecule has 0 saturated heterocycles. The Morgan fingerprint density at radius 2 is 1.83 bits per heavy atom. The molecule has 3 nitrogen and oxygen atoms in total. The van der Waals surface area contributed by atoms with E-state index in [1.54, 1.807) is 24.4 Å². The van der Waals surface area contributed by atoms with Gasteiger partial charge in [0.15, 0.2) is 0 Å². The molecule has 1 aromatic heterocycles. The number of para-hydroxylation sites is 1. The van der Waals surface area contributed by atoms with E-state index >= 15 is 0 Å². The minimum atomic E-state index is -0.273. The predicted octanol–water partition coefficient (Wildman–Crippen LogP) is 6.58. The minimum Gasteiger partial charge on any atom is -0.326 e. The molecule has 1 atom stereocenters. The number of carbonyl (C=O) groups excluding carboxylic acids is 1. The molecule has 1 N–H and O–H groups in total. The van der Waals surface area contributed by atoms with Crippen LogP contribution < -0.4 is 5.32 Å². The molecular formula is C24H24ClFN2O. The summed E-state index contributed by atoms with van der Waals surface area (Å²) in [6.07, 6.45) is 5.67. The quantitative estimate of drug-likeness (QED) is 0.528. The molecule has 29 heavy (non-hydrogen) atoms. The number of hydrogen-bond donors (Lipinski definition) is 1. The lowest BCUT2D eigenvalue weighted by Crippen LogP contribution is -2.29. The molecule has 0 unspecified atom stereocenters. The lowest BCUT2D eigenvalue weighted by atomic mass is 9.73. The molecular weight excluding hydrogens is 387 g/mol. The van der Waals surface area contributed by atoms with Gasteiger partial charge in [-0.1, -0.05) is 30.7 Å². The predicted molar refractivity (Wildman–Crippen MR) is 116 cm³/mol. The number of pyridine rings is 1. The van der Waals surface area contributed by atoms with Crippen LogP contribution in [0.3, 0.4) is 0 Å². The number of nitrogens with zero attached hydrogens (tertiary/aromatic N) is 1. The summed E-state index contributed by atoms with van der Waals surface area (Å²) in [7, 11) is 0. The van der Waals surface area contributed by atoms with Crippen molar-refractivity contribution in [2.24, 2.45) is 11.8 Å². The van der Waals surface area contributed by atoms with E-state index in [9.17, 15) is 9.18 Å². The Hall–Kier alpha value is -2.46. The van der Waals surface area contributed by atoms with Crippen LogP contribution in [0.25, 0.3) is 10.9 Å². The second-order valence-electron chi connectivity index (χ2n) is 7.93. The van der Waals surface area contributed by atoms with Crippen LogP contribution in [0.15, 0.2) is 54.7 Å². The molecule has 1 fully saturated rings. The molecule has 1 saturated carbocycles. The van der Waals surface area contributed by atoms with Crippen LogP contribution in [0.1, 0.15) is 44.1 Å². The first-order chi connectivity index (χ1) is 14.0. The highest BCUT2D eigenvalue weighted by Crippen LogP contribution is 2.41. The van der Waals surface area contributed by atoms with Gasteiger partial charge < -0.3 is 5.32 Å². The summed E-state index contributed by atoms with van der Waals surface area (Å²) in [6.45, 7) is 2.01. The fourth-order valence-corrected chi connectivity index (χ4v) is 4.58. The monoisotopic (exact) mass is 410 g/mol. The van der Waals surface area contributed by atoms with Crippen LogP contribution in [-0.2, 0) is 4.79 Å². The Morgan fingerprint density at radius 3 is 2.55 bits per heavy atom. The normalized spacial score (nSPS) is 20.4. The summed E-state index contributed by atoms with van der Waals surface area (Å²) in [4.78, 5) is 16.9. The van der Waals surface area contributed by atoms with Crippen LogP contribution in [0.2, 0.25) is 5.02 Å². The van der Waals surface area contributed by atoms with Crippen LogP contribution in [0, 0.1) is 17.7 Å². The maximum Gasteiger partial charge on any atom is 0.227 e. The fraction of sp³-hybridized carbons (Fsp3) is 0.333. The SMILES string of the molecule is C[C@@H](C(=O)Nc1ccc(Cl)cc1)[C@H]1CC[C@@H](c2ccnc3c(F)cccc32)CC1. The van der Waals surface area contributed by atoms with Crippen molar-refractivity contribution >= 4 is 34.1 Å². The van der Waals surface area contributed by atoms with Gasteiger partial charge in [-0.3, -0.25) is 9.78 Å². The van der Waals surface area contributed by atoms with Crippen molar-refractivity contribution in [1.29, 1.82) is 0 Å². The van der Waals surface area contributed by atoms with Crippen molar-refractivity contribution in [3.63, 3.8) is 0 Å². The van der Waals surface area contributed by atoms with Gasteiger partial charge >= 0.3 is 0 Å². The van der Waals surface area contributed by atoms with E-state index in [1.165, 1.54) is 11.6 Å². The van der Waals surface area contributed by atoms with Crippen molar-refractivity contribution in [3.8, 4) is 0 Å². The third-order valence-electron chi connectivity index (χ3n) is 6.20. The Labute approximate surface area is 175 Å². The van der Waals surface area contributed by atoms with Gasteiger partial charge in [-0.15, -0.1) is 0 Å². The molecule has 3 aromatic rings. The highest BCUT2D eigenvalue weighted by Gasteiger charge is 2.30. The smallest absolute Gasteiger partial charge is 0.227 e. The molecule has 0 bridgehead atoms. The fourth-order valence-electron chi connectivity index (χ4n) is 4.45. The Morgan fingerprint density at radius 1 is 1.10 bits per heavy atom. The average Bonchev–Trinajstić information content (AvgIpc) is 2.75. The van der Waals surface area contributed by atoms with Gasteiger partial charge in [0, 0.05) is 28.2 Å². The summed E-state index contributed by atoms with van der Waals surface area (Å²) < 4.78 is 14.1. The molecule has 5 heteroatoms. The first kappa shape index (κ1) is 19.8. The van der Waals surface area contributed by atoms with E-state index in [0.717, 1.165) is 36.8 Å². The minimum absolute atomic E-state index is 0.0483. The Bertz CT molecular complexity index is 1010. The van der Waals surface area contributed by atoms with Gasteiger partial charge in [0.2, 0.25) is 5.91 Å². The van der Waals surface area contributed by atoms with E-state index in [4.69, 9.17) is 11.6 Å². The maximum atomic E-state index is 14.1. The molecule has 4 rings (SSSR count). The lowest BCUT2D eigenvalue weighted by molar-refractivity contribution is -0.121. The van der Waals surface area contributed by atoms with Crippen molar-refractivity contribution in [2.45, 2.75) is 38.5 Å². The Balaban J connectivity index is 1.41. The number of fused-ring (bicyclic) bond motifs is 1. The van der Waals surface area contributed by atoms with Crippen molar-refractivity contribution < 1.29 is 9.18 Å². The van der Waals surface area contributed by atoms with Crippen LogP contribution >= 0.6 is 11.6 Å². The summed E-state index contributed by atoms with van der Waals surface area (Å²) in [6, 6.07) is 14.4. The summed E-state index contributed by atoms with van der Waals surface area (Å²) in [5, 5.41) is 4.55. The van der Waals surface area contributed by atoms with Gasteiger partial charge in [0.25, 0.3) is 0 Å². The molecule has 2 aromatic carbocycles. The number of benzene rings is 2. The topological polar surface area (TPSA) is 42.0 Å². The second-order valence-corrected chi connectivity index (χ2v) is 8.37. The highest BCUT2D eigenvalue weighted by atomic mass is 35.5. The van der Waals surface area contributed by atoms with Crippen LogP contribution in [-0.4, -0.2) is 10.9 Å². The van der Waals surface area contributed by atoms with Gasteiger partial charge in [-0.05, 0) is 79.5 Å². The van der Waals surface area contributed by atoms with Gasteiger partial charge in [0.1, 0.15) is 11.3 Å². The number of amides is 1. The van der Waals surface area contributed by atoms with Crippen molar-refractivity contribution in [3.05, 3.63) is 71.1 Å². The lowest BCUT2D eigenvalue weighted by Gasteiger charge is -2.32. The van der Waals surface area contributed by atoms with Crippen molar-refractivity contribution in [1.82, 2.24) is 4.98 Å². The zero-order valence-electron chi connectivity index (χ0n) is 16.4. The summed E-state index contributed by atoms with van der Waals surface area (Å²) >= 11 is 5.90. The van der Waals surface area contributed by atoms with E-state index in [1.807, 2.05) is 31.2 Å². The Kier molecular flexibility index (Phi) is 5.81. The third kappa shape index (κ3) is 4.27. The molecule has 150 valence electrons. The highest BCUT2D eigenvalue weighted by molar-refractivity contribution is 6.30. The number of rotatable bonds is 4. The molecule has 1 aliphatic rings. The largest absolute Gasteiger partial charge is 0.326 e. The molecule has 0 spiro atoms. The number of nitrogens with one attached hydrogen (secondary N) is 1. The van der Waals surface area contributed by atoms with E-state index in [-0.39, 0.29) is 17.6 Å². The number of carbonyl (C=O) groups is 1. The number of anilines is 1. The number of hydrogen-bond acceptors (Lipinski definition) is 2. The van der Waals surface area contributed by atoms with E-state index in [0.29, 0.717) is 22.4 Å². The van der Waals surface area contributed by atoms with Crippen LogP contribution in [0.5, 0.6) is 0 Å². The average molecular weight is 411 g/mol. The number of aromatic nitrogens is 1. The third-order valence-corrected chi connectivity index (χ3v) is 6.45. The van der Waals surface area contributed by atoms with Crippen molar-refractivity contribution in [2.75, 3.05) is 5.32 Å². The molecule has 1 aliphatic carbocycles. The van der Waals surface area contributed by atoms with Gasteiger partial charge in [0.05, 0.1) is 0 Å². The first-order valence-corrected chi connectivity index (χ1v) is 10.5. The molecule has 0 radical (unpaired) electrons. The zero-order chi connectivity index (χ0) is 20.4.